The van der Waals surface area contributed by atoms with E-state index in [0.29, 0.717) is 17.4 Å². The lowest BCUT2D eigenvalue weighted by Crippen LogP contribution is -2.35. The van der Waals surface area contributed by atoms with E-state index in [0.717, 1.165) is 6.54 Å². The highest BCUT2D eigenvalue weighted by atomic mass is 16.5. The molecular formula is C12H21N5O2. The maximum atomic E-state index is 11.6. The topological polar surface area (TPSA) is 88.2 Å². The molecule has 0 aliphatic carbocycles. The maximum Gasteiger partial charge on any atom is 0.239 e. The van der Waals surface area contributed by atoms with Crippen LogP contribution in [-0.2, 0) is 4.79 Å². The monoisotopic (exact) mass is 267 g/mol. The van der Waals surface area contributed by atoms with Crippen molar-refractivity contribution in [3.05, 3.63) is 6.33 Å². The summed E-state index contributed by atoms with van der Waals surface area (Å²) in [5.74, 6) is 1.50. The van der Waals surface area contributed by atoms with Crippen LogP contribution >= 0.6 is 0 Å². The van der Waals surface area contributed by atoms with Crippen LogP contribution in [-0.4, -0.2) is 42.1 Å². The molecule has 1 amide bonds. The van der Waals surface area contributed by atoms with Crippen molar-refractivity contribution in [1.29, 1.82) is 0 Å². The Morgan fingerprint density at radius 3 is 2.47 bits per heavy atom. The third-order valence-electron chi connectivity index (χ3n) is 2.22. The van der Waals surface area contributed by atoms with E-state index in [1.54, 1.807) is 7.11 Å². The maximum absolute atomic E-state index is 11.6. The van der Waals surface area contributed by atoms with E-state index >= 15 is 0 Å². The van der Waals surface area contributed by atoms with Gasteiger partial charge in [0.15, 0.2) is 11.6 Å². The number of hydrogen-bond donors (Lipinski definition) is 3. The van der Waals surface area contributed by atoms with Crippen LogP contribution < -0.4 is 20.7 Å². The fourth-order valence-electron chi connectivity index (χ4n) is 1.52. The predicted molar refractivity (Wildman–Crippen MR) is 74.5 cm³/mol. The van der Waals surface area contributed by atoms with Gasteiger partial charge in [-0.25, -0.2) is 9.97 Å². The fourth-order valence-corrected chi connectivity index (χ4v) is 1.52. The van der Waals surface area contributed by atoms with E-state index in [-0.39, 0.29) is 18.5 Å². The van der Waals surface area contributed by atoms with E-state index in [1.165, 1.54) is 6.33 Å². The standard InChI is InChI=1S/C12H21N5O2/c1-5-13-11-10(19-4)12(16-7-15-11)14-6-9(18)17-8(2)3/h7-8H,5-6H2,1-4H3,(H,17,18)(H2,13,14,15,16). The summed E-state index contributed by atoms with van der Waals surface area (Å²) in [7, 11) is 1.54. The Bertz CT molecular complexity index is 423. The third-order valence-corrected chi connectivity index (χ3v) is 2.22. The number of amides is 1. The summed E-state index contributed by atoms with van der Waals surface area (Å²) < 4.78 is 5.26. The van der Waals surface area contributed by atoms with Gasteiger partial charge in [0.05, 0.1) is 13.7 Å². The Hall–Kier alpha value is -2.05. The molecule has 0 fully saturated rings. The second-order valence-electron chi connectivity index (χ2n) is 4.21. The molecule has 19 heavy (non-hydrogen) atoms. The lowest BCUT2D eigenvalue weighted by atomic mass is 10.4. The number of methoxy groups -OCH3 is 1. The van der Waals surface area contributed by atoms with Crippen LogP contribution in [0.5, 0.6) is 5.75 Å². The summed E-state index contributed by atoms with van der Waals surface area (Å²) in [6.07, 6.45) is 1.42. The smallest absolute Gasteiger partial charge is 0.239 e. The highest BCUT2D eigenvalue weighted by Gasteiger charge is 2.12. The van der Waals surface area contributed by atoms with E-state index in [9.17, 15) is 4.79 Å². The lowest BCUT2D eigenvalue weighted by Gasteiger charge is -2.14. The normalized spacial score (nSPS) is 10.2. The molecule has 1 aromatic heterocycles. The average Bonchev–Trinajstić information content (AvgIpc) is 2.36. The first-order chi connectivity index (χ1) is 9.08. The SMILES string of the molecule is CCNc1ncnc(NCC(=O)NC(C)C)c1OC. The molecule has 1 heterocycles. The van der Waals surface area contributed by atoms with Crippen LogP contribution in [0.4, 0.5) is 11.6 Å². The van der Waals surface area contributed by atoms with Crippen LogP contribution in [0, 0.1) is 0 Å². The number of carbonyl (C=O) groups excluding carboxylic acids is 1. The Morgan fingerprint density at radius 2 is 1.95 bits per heavy atom. The third kappa shape index (κ3) is 4.61. The van der Waals surface area contributed by atoms with Crippen molar-refractivity contribution < 1.29 is 9.53 Å². The van der Waals surface area contributed by atoms with Gasteiger partial charge >= 0.3 is 0 Å². The fraction of sp³-hybridized carbons (Fsp3) is 0.583. The molecule has 0 aliphatic rings. The van der Waals surface area contributed by atoms with Crippen LogP contribution in [0.1, 0.15) is 20.8 Å². The zero-order valence-corrected chi connectivity index (χ0v) is 11.8. The highest BCUT2D eigenvalue weighted by Crippen LogP contribution is 2.28. The molecule has 0 aromatic carbocycles. The molecule has 0 saturated heterocycles. The van der Waals surface area contributed by atoms with Crippen molar-refractivity contribution in [2.75, 3.05) is 30.8 Å². The number of hydrogen-bond acceptors (Lipinski definition) is 6. The summed E-state index contributed by atoms with van der Waals surface area (Å²) >= 11 is 0. The first-order valence-electron chi connectivity index (χ1n) is 6.24. The second-order valence-corrected chi connectivity index (χ2v) is 4.21. The summed E-state index contributed by atoms with van der Waals surface area (Å²) in [6.45, 7) is 6.64. The lowest BCUT2D eigenvalue weighted by molar-refractivity contribution is -0.119. The average molecular weight is 267 g/mol. The minimum absolute atomic E-state index is 0.0966. The van der Waals surface area contributed by atoms with Gasteiger partial charge in [-0.3, -0.25) is 4.79 Å². The zero-order chi connectivity index (χ0) is 14.3. The zero-order valence-electron chi connectivity index (χ0n) is 11.8. The van der Waals surface area contributed by atoms with Crippen LogP contribution in [0.3, 0.4) is 0 Å². The van der Waals surface area contributed by atoms with E-state index < -0.39 is 0 Å². The van der Waals surface area contributed by atoms with Crippen molar-refractivity contribution in [2.24, 2.45) is 0 Å². The summed E-state index contributed by atoms with van der Waals surface area (Å²) in [6, 6.07) is 0.110. The van der Waals surface area contributed by atoms with Gasteiger partial charge in [0, 0.05) is 12.6 Å². The summed E-state index contributed by atoms with van der Waals surface area (Å²) in [5, 5.41) is 8.80. The Labute approximate surface area is 113 Å². The van der Waals surface area contributed by atoms with Gasteiger partial charge in [-0.15, -0.1) is 0 Å². The first kappa shape index (κ1) is 15.0. The molecule has 0 unspecified atom stereocenters. The predicted octanol–water partition coefficient (Wildman–Crippen LogP) is 0.853. The molecule has 3 N–H and O–H groups in total. The Kier molecular flexibility index (Phi) is 5.84. The minimum atomic E-state index is -0.0966. The molecule has 0 bridgehead atoms. The van der Waals surface area contributed by atoms with Crippen molar-refractivity contribution in [3.63, 3.8) is 0 Å². The van der Waals surface area contributed by atoms with Crippen molar-refractivity contribution in [2.45, 2.75) is 26.8 Å². The molecule has 7 nitrogen and oxygen atoms in total. The quantitative estimate of drug-likeness (QED) is 0.679. The molecule has 0 atom stereocenters. The van der Waals surface area contributed by atoms with Crippen LogP contribution in [0.25, 0.3) is 0 Å². The van der Waals surface area contributed by atoms with Crippen molar-refractivity contribution in [1.82, 2.24) is 15.3 Å². The van der Waals surface area contributed by atoms with Gasteiger partial charge < -0.3 is 20.7 Å². The Morgan fingerprint density at radius 1 is 1.32 bits per heavy atom. The van der Waals surface area contributed by atoms with Crippen LogP contribution in [0.2, 0.25) is 0 Å². The van der Waals surface area contributed by atoms with Gasteiger partial charge in [-0.2, -0.15) is 0 Å². The van der Waals surface area contributed by atoms with Crippen molar-refractivity contribution >= 4 is 17.5 Å². The number of ether oxygens (including phenoxy) is 1. The van der Waals surface area contributed by atoms with Gasteiger partial charge in [0.25, 0.3) is 0 Å². The number of nitrogens with one attached hydrogen (secondary N) is 3. The van der Waals surface area contributed by atoms with Gasteiger partial charge in [-0.05, 0) is 20.8 Å². The molecule has 1 aromatic rings. The molecule has 0 spiro atoms. The minimum Gasteiger partial charge on any atom is -0.490 e. The van der Waals surface area contributed by atoms with Gasteiger partial charge in [0.2, 0.25) is 11.7 Å². The molecule has 0 saturated carbocycles. The second kappa shape index (κ2) is 7.40. The summed E-state index contributed by atoms with van der Waals surface area (Å²) in [5.41, 5.74) is 0. The molecule has 1 rings (SSSR count). The van der Waals surface area contributed by atoms with Crippen molar-refractivity contribution in [3.8, 4) is 5.75 Å². The first-order valence-corrected chi connectivity index (χ1v) is 6.24. The Balaban J connectivity index is 2.72. The molecule has 0 radical (unpaired) electrons. The largest absolute Gasteiger partial charge is 0.490 e. The van der Waals surface area contributed by atoms with Crippen LogP contribution in [0.15, 0.2) is 6.33 Å². The number of nitrogens with zero attached hydrogens (tertiary/aromatic N) is 2. The number of aromatic nitrogens is 2. The molecule has 7 heteroatoms. The van der Waals surface area contributed by atoms with Gasteiger partial charge in [-0.1, -0.05) is 0 Å². The number of carbonyl (C=O) groups is 1. The number of anilines is 2. The van der Waals surface area contributed by atoms with E-state index in [4.69, 9.17) is 4.74 Å². The molecular weight excluding hydrogens is 246 g/mol. The summed E-state index contributed by atoms with van der Waals surface area (Å²) in [4.78, 5) is 19.7. The van der Waals surface area contributed by atoms with E-state index in [1.807, 2.05) is 20.8 Å². The molecule has 0 aliphatic heterocycles. The van der Waals surface area contributed by atoms with E-state index in [2.05, 4.69) is 25.9 Å². The van der Waals surface area contributed by atoms with Gasteiger partial charge in [0.1, 0.15) is 6.33 Å². The highest BCUT2D eigenvalue weighted by molar-refractivity contribution is 5.81. The number of rotatable bonds is 7. The molecule has 106 valence electrons.